The summed E-state index contributed by atoms with van der Waals surface area (Å²) >= 11 is 0.729. The number of imide groups is 1. The second-order valence-electron chi connectivity index (χ2n) is 7.37. The number of carbonyl (C=O) groups excluding carboxylic acids is 2. The third-order valence-corrected chi connectivity index (χ3v) is 6.98. The van der Waals surface area contributed by atoms with Gasteiger partial charge in [0.05, 0.1) is 7.11 Å². The monoisotopic (exact) mass is 469 g/mol. The molecule has 9 nitrogen and oxygen atoms in total. The summed E-state index contributed by atoms with van der Waals surface area (Å²) in [6, 6.07) is 9.09. The van der Waals surface area contributed by atoms with Crippen LogP contribution in [0.2, 0.25) is 0 Å². The van der Waals surface area contributed by atoms with Crippen molar-refractivity contribution in [2.45, 2.75) is 4.75 Å². The molecule has 4 N–H and O–H groups in total. The lowest BCUT2D eigenvalue weighted by atomic mass is 9.81. The number of nitrogens with one attached hydrogen (secondary N) is 3. The molecule has 0 saturated carbocycles. The predicted octanol–water partition coefficient (Wildman–Crippen LogP) is 3.43. The Hall–Kier alpha value is -3.99. The van der Waals surface area contributed by atoms with Crippen molar-refractivity contribution in [3.05, 3.63) is 65.1 Å². The summed E-state index contributed by atoms with van der Waals surface area (Å²) in [5.41, 5.74) is 0.559. The Morgan fingerprint density at radius 3 is 2.70 bits per heavy atom. The molecule has 1 fully saturated rings. The highest BCUT2D eigenvalue weighted by atomic mass is 32.2. The Balaban J connectivity index is 1.65. The van der Waals surface area contributed by atoms with E-state index >= 15 is 4.39 Å². The van der Waals surface area contributed by atoms with Gasteiger partial charge in [-0.25, -0.2) is 9.18 Å². The van der Waals surface area contributed by atoms with E-state index in [1.807, 2.05) is 12.1 Å². The van der Waals surface area contributed by atoms with Gasteiger partial charge in [0, 0.05) is 28.4 Å². The molecule has 0 radical (unpaired) electrons. The van der Waals surface area contributed by atoms with Crippen molar-refractivity contribution in [3.63, 3.8) is 0 Å². The van der Waals surface area contributed by atoms with E-state index in [1.54, 1.807) is 18.3 Å². The fourth-order valence-electron chi connectivity index (χ4n) is 4.11. The Bertz CT molecular complexity index is 1370. The summed E-state index contributed by atoms with van der Waals surface area (Å²) in [6.45, 7) is 0. The molecular formula is C22H16FN3O6S. The van der Waals surface area contributed by atoms with Crippen LogP contribution in [0.15, 0.2) is 53.7 Å². The number of thioether (sulfide) groups is 1. The molecule has 2 aliphatic heterocycles. The number of carbonyl (C=O) groups is 3. The Kier molecular flexibility index (Phi) is 4.78. The standard InChI is InChI=1S/C22H16FN3O6S/c1-31-14-7-6-11(17(23)18(14)32-15-8-24-12-5-3-2-4-10(12)15)22(20(28)29)16-13(9-33-22)25-21(30)26-19(16)27/h2-9,16,24H,1H3,(H,28,29)(H2,25,26,27,30). The van der Waals surface area contributed by atoms with Gasteiger partial charge in [0.1, 0.15) is 5.92 Å². The van der Waals surface area contributed by atoms with Gasteiger partial charge >= 0.3 is 12.0 Å². The van der Waals surface area contributed by atoms with Crippen LogP contribution in [-0.4, -0.2) is 35.1 Å². The van der Waals surface area contributed by atoms with E-state index in [2.05, 4.69) is 15.6 Å². The number of carboxylic acids is 1. The summed E-state index contributed by atoms with van der Waals surface area (Å²) in [4.78, 5) is 39.8. The molecule has 33 heavy (non-hydrogen) atoms. The topological polar surface area (TPSA) is 130 Å². The number of carboxylic acid groups (broad SMARTS) is 1. The Morgan fingerprint density at radius 2 is 1.94 bits per heavy atom. The predicted molar refractivity (Wildman–Crippen MR) is 116 cm³/mol. The van der Waals surface area contributed by atoms with Crippen LogP contribution in [0.1, 0.15) is 5.56 Å². The fourth-order valence-corrected chi connectivity index (χ4v) is 5.38. The van der Waals surface area contributed by atoms with Crippen molar-refractivity contribution in [1.82, 2.24) is 15.6 Å². The molecule has 3 heterocycles. The van der Waals surface area contributed by atoms with Crippen LogP contribution in [-0.2, 0) is 14.3 Å². The van der Waals surface area contributed by atoms with Crippen LogP contribution in [0.3, 0.4) is 0 Å². The lowest BCUT2D eigenvalue weighted by molar-refractivity contribution is -0.144. The summed E-state index contributed by atoms with van der Waals surface area (Å²) in [5, 5.41) is 16.7. The molecule has 5 rings (SSSR count). The van der Waals surface area contributed by atoms with Gasteiger partial charge in [-0.15, -0.1) is 11.8 Å². The molecule has 2 aromatic carbocycles. The first-order valence-electron chi connectivity index (χ1n) is 9.71. The van der Waals surface area contributed by atoms with Crippen molar-refractivity contribution in [2.75, 3.05) is 7.11 Å². The number of aromatic amines is 1. The van der Waals surface area contributed by atoms with Crippen molar-refractivity contribution in [2.24, 2.45) is 5.92 Å². The summed E-state index contributed by atoms with van der Waals surface area (Å²) in [5.74, 6) is -4.61. The maximum absolute atomic E-state index is 16.0. The van der Waals surface area contributed by atoms with Gasteiger partial charge in [0.25, 0.3) is 0 Å². The third-order valence-electron chi connectivity index (χ3n) is 5.61. The first-order chi connectivity index (χ1) is 15.9. The number of benzene rings is 2. The lowest BCUT2D eigenvalue weighted by Gasteiger charge is -2.34. The van der Waals surface area contributed by atoms with Crippen molar-refractivity contribution in [1.29, 1.82) is 0 Å². The highest BCUT2D eigenvalue weighted by molar-refractivity contribution is 8.04. The molecule has 0 bridgehead atoms. The maximum Gasteiger partial charge on any atom is 0.326 e. The van der Waals surface area contributed by atoms with Gasteiger partial charge < -0.3 is 24.9 Å². The number of ether oxygens (including phenoxy) is 2. The molecule has 0 aliphatic carbocycles. The zero-order valence-corrected chi connectivity index (χ0v) is 17.8. The quantitative estimate of drug-likeness (QED) is 0.450. The van der Waals surface area contributed by atoms with E-state index in [0.29, 0.717) is 11.1 Å². The second kappa shape index (κ2) is 7.55. The van der Waals surface area contributed by atoms with Crippen LogP contribution >= 0.6 is 11.8 Å². The zero-order valence-electron chi connectivity index (χ0n) is 17.0. The number of methoxy groups -OCH3 is 1. The van der Waals surface area contributed by atoms with Gasteiger partial charge in [-0.3, -0.25) is 14.9 Å². The highest BCUT2D eigenvalue weighted by Crippen LogP contribution is 2.55. The molecule has 3 aromatic rings. The van der Waals surface area contributed by atoms with E-state index in [0.717, 1.165) is 17.3 Å². The van der Waals surface area contributed by atoms with Gasteiger partial charge in [0.2, 0.25) is 11.7 Å². The van der Waals surface area contributed by atoms with E-state index in [9.17, 15) is 19.5 Å². The molecule has 1 saturated heterocycles. The molecule has 11 heteroatoms. The van der Waals surface area contributed by atoms with Crippen LogP contribution < -0.4 is 20.1 Å². The highest BCUT2D eigenvalue weighted by Gasteiger charge is 2.59. The first kappa shape index (κ1) is 20.9. The van der Waals surface area contributed by atoms with Crippen molar-refractivity contribution >= 4 is 40.6 Å². The number of fused-ring (bicyclic) bond motifs is 2. The third kappa shape index (κ3) is 3.04. The number of aliphatic carboxylic acids is 1. The minimum absolute atomic E-state index is 0.0413. The normalized spacial score (nSPS) is 21.8. The number of halogens is 1. The van der Waals surface area contributed by atoms with Gasteiger partial charge in [0.15, 0.2) is 22.1 Å². The Morgan fingerprint density at radius 1 is 1.15 bits per heavy atom. The number of aromatic nitrogens is 1. The molecule has 2 unspecified atom stereocenters. The van der Waals surface area contributed by atoms with Crippen LogP contribution in [0.4, 0.5) is 9.18 Å². The van der Waals surface area contributed by atoms with Gasteiger partial charge in [-0.1, -0.05) is 18.2 Å². The number of H-pyrrole nitrogens is 1. The van der Waals surface area contributed by atoms with Crippen LogP contribution in [0.25, 0.3) is 10.9 Å². The number of para-hydroxylation sites is 1. The summed E-state index contributed by atoms with van der Waals surface area (Å²) in [6.07, 6.45) is 1.55. The van der Waals surface area contributed by atoms with E-state index in [4.69, 9.17) is 9.47 Å². The maximum atomic E-state index is 16.0. The van der Waals surface area contributed by atoms with Gasteiger partial charge in [-0.05, 0) is 23.6 Å². The molecule has 0 spiro atoms. The number of hydrogen-bond acceptors (Lipinski definition) is 6. The fraction of sp³-hybridized carbons (Fsp3) is 0.136. The average Bonchev–Trinajstić information content (AvgIpc) is 3.37. The number of urea groups is 1. The van der Waals surface area contributed by atoms with E-state index < -0.39 is 34.4 Å². The van der Waals surface area contributed by atoms with E-state index in [1.165, 1.54) is 24.7 Å². The zero-order chi connectivity index (χ0) is 23.3. The summed E-state index contributed by atoms with van der Waals surface area (Å²) < 4.78 is 25.1. The van der Waals surface area contributed by atoms with E-state index in [-0.39, 0.29) is 22.8 Å². The Labute approximate surface area is 189 Å². The average molecular weight is 469 g/mol. The van der Waals surface area contributed by atoms with Crippen molar-refractivity contribution in [3.8, 4) is 17.2 Å². The molecule has 2 atom stereocenters. The van der Waals surface area contributed by atoms with Gasteiger partial charge in [-0.2, -0.15) is 0 Å². The summed E-state index contributed by atoms with van der Waals surface area (Å²) in [7, 11) is 1.33. The molecule has 168 valence electrons. The smallest absolute Gasteiger partial charge is 0.326 e. The molecule has 3 amide bonds. The lowest BCUT2D eigenvalue weighted by Crippen LogP contribution is -2.56. The van der Waals surface area contributed by atoms with Crippen LogP contribution in [0.5, 0.6) is 17.2 Å². The first-order valence-corrected chi connectivity index (χ1v) is 10.6. The molecule has 2 aliphatic rings. The van der Waals surface area contributed by atoms with Crippen molar-refractivity contribution < 1.29 is 33.4 Å². The second-order valence-corrected chi connectivity index (χ2v) is 8.48. The molecule has 1 aromatic heterocycles. The number of amides is 3. The number of rotatable bonds is 5. The van der Waals surface area contributed by atoms with Crippen LogP contribution in [0, 0.1) is 11.7 Å². The number of hydrogen-bond donors (Lipinski definition) is 4. The molecular weight excluding hydrogens is 453 g/mol. The minimum Gasteiger partial charge on any atom is -0.493 e. The minimum atomic E-state index is -2.07. The SMILES string of the molecule is COc1ccc(C2(C(=O)O)SC=C3NC(=O)NC(=O)C32)c(F)c1Oc1c[nH]c2ccccc12. The largest absolute Gasteiger partial charge is 0.493 e.